The number of carbonyl (C=O) groups excluding carboxylic acids is 2. The van der Waals surface area contributed by atoms with Crippen molar-refractivity contribution in [2.75, 3.05) is 10.3 Å². The Kier molecular flexibility index (Phi) is 5.48. The molecule has 0 spiro atoms. The minimum absolute atomic E-state index is 0.0119. The van der Waals surface area contributed by atoms with E-state index < -0.39 is 23.7 Å². The summed E-state index contributed by atoms with van der Waals surface area (Å²) >= 11 is 0. The van der Waals surface area contributed by atoms with E-state index in [4.69, 9.17) is 10.3 Å². The molecule has 4 rings (SSSR count). The van der Waals surface area contributed by atoms with Gasteiger partial charge in [-0.05, 0) is 36.2 Å². The van der Waals surface area contributed by atoms with Crippen LogP contribution in [0.5, 0.6) is 0 Å². The zero-order valence-corrected chi connectivity index (χ0v) is 16.7. The standard InChI is InChI=1S/C22H20FN5O3/c1-2-13-3-5-14(6-4-13)17-12-20(31-27-17)25-22(30)18-11-19(21(24)29)28(26-18)16-9-7-15(23)8-10-16/h3-10,12,19H,2,11H2,1H3,(H2,24,29)(H,25,30). The van der Waals surface area contributed by atoms with Crippen molar-refractivity contribution in [3.8, 4) is 11.3 Å². The third-order valence-electron chi connectivity index (χ3n) is 5.00. The largest absolute Gasteiger partial charge is 0.368 e. The van der Waals surface area contributed by atoms with Gasteiger partial charge in [0.1, 0.15) is 23.3 Å². The Morgan fingerprint density at radius 1 is 1.19 bits per heavy atom. The molecule has 1 aromatic heterocycles. The van der Waals surface area contributed by atoms with Crippen LogP contribution < -0.4 is 16.1 Å². The summed E-state index contributed by atoms with van der Waals surface area (Å²) < 4.78 is 18.4. The van der Waals surface area contributed by atoms with E-state index in [2.05, 4.69) is 22.5 Å². The summed E-state index contributed by atoms with van der Waals surface area (Å²) in [6, 6.07) is 14.0. The summed E-state index contributed by atoms with van der Waals surface area (Å²) in [5.41, 5.74) is 8.65. The molecule has 0 fully saturated rings. The number of hydrogen-bond acceptors (Lipinski definition) is 6. The minimum Gasteiger partial charge on any atom is -0.368 e. The second kappa shape index (κ2) is 8.39. The SMILES string of the molecule is CCc1ccc(-c2cc(NC(=O)C3=NN(c4ccc(F)cc4)C(C(N)=O)C3)on2)cc1. The first-order valence-corrected chi connectivity index (χ1v) is 9.73. The predicted octanol–water partition coefficient (Wildman–Crippen LogP) is 3.10. The quantitative estimate of drug-likeness (QED) is 0.635. The second-order valence-corrected chi connectivity index (χ2v) is 7.07. The van der Waals surface area contributed by atoms with E-state index >= 15 is 0 Å². The van der Waals surface area contributed by atoms with Gasteiger partial charge in [0.05, 0.1) is 5.69 Å². The Labute approximate surface area is 177 Å². The first kappa shape index (κ1) is 20.3. The average Bonchev–Trinajstić information content (AvgIpc) is 3.42. The van der Waals surface area contributed by atoms with E-state index in [0.29, 0.717) is 11.4 Å². The third kappa shape index (κ3) is 4.30. The van der Waals surface area contributed by atoms with Crippen LogP contribution in [-0.2, 0) is 16.0 Å². The van der Waals surface area contributed by atoms with Crippen LogP contribution in [0, 0.1) is 5.82 Å². The number of anilines is 2. The lowest BCUT2D eigenvalue weighted by atomic mass is 10.1. The Bertz CT molecular complexity index is 1140. The van der Waals surface area contributed by atoms with Crippen molar-refractivity contribution in [2.24, 2.45) is 10.8 Å². The number of nitrogens with two attached hydrogens (primary N) is 1. The van der Waals surface area contributed by atoms with Gasteiger partial charge in [-0.25, -0.2) is 4.39 Å². The van der Waals surface area contributed by atoms with Crippen LogP contribution in [0.15, 0.2) is 64.2 Å². The van der Waals surface area contributed by atoms with Crippen LogP contribution in [0.2, 0.25) is 0 Å². The van der Waals surface area contributed by atoms with Crippen molar-refractivity contribution < 1.29 is 18.5 Å². The van der Waals surface area contributed by atoms with Crippen molar-refractivity contribution in [3.05, 3.63) is 66.0 Å². The molecule has 0 radical (unpaired) electrons. The molecule has 2 amide bonds. The van der Waals surface area contributed by atoms with Crippen LogP contribution in [0.25, 0.3) is 11.3 Å². The smallest absolute Gasteiger partial charge is 0.274 e. The number of nitrogens with zero attached hydrogens (tertiary/aromatic N) is 3. The Hall–Kier alpha value is -4.01. The topological polar surface area (TPSA) is 114 Å². The molecule has 8 nitrogen and oxygen atoms in total. The van der Waals surface area contributed by atoms with E-state index in [0.717, 1.165) is 12.0 Å². The fourth-order valence-corrected chi connectivity index (χ4v) is 3.27. The van der Waals surface area contributed by atoms with Gasteiger partial charge < -0.3 is 10.3 Å². The van der Waals surface area contributed by atoms with Crippen LogP contribution in [0.3, 0.4) is 0 Å². The van der Waals surface area contributed by atoms with Gasteiger partial charge in [-0.2, -0.15) is 5.10 Å². The van der Waals surface area contributed by atoms with E-state index in [1.54, 1.807) is 6.07 Å². The summed E-state index contributed by atoms with van der Waals surface area (Å²) in [7, 11) is 0. The molecule has 1 atom stereocenters. The molecule has 2 heterocycles. The highest BCUT2D eigenvalue weighted by Gasteiger charge is 2.35. The normalized spacial score (nSPS) is 15.6. The molecule has 9 heteroatoms. The monoisotopic (exact) mass is 421 g/mol. The van der Waals surface area contributed by atoms with E-state index in [-0.39, 0.29) is 18.0 Å². The molecule has 3 aromatic rings. The number of rotatable bonds is 6. The van der Waals surface area contributed by atoms with Gasteiger partial charge in [0, 0.05) is 18.1 Å². The van der Waals surface area contributed by atoms with Gasteiger partial charge in [-0.15, -0.1) is 0 Å². The van der Waals surface area contributed by atoms with Gasteiger partial charge in [-0.1, -0.05) is 36.3 Å². The van der Waals surface area contributed by atoms with Crippen LogP contribution in [0.1, 0.15) is 18.9 Å². The molecule has 1 aliphatic heterocycles. The van der Waals surface area contributed by atoms with Gasteiger partial charge in [0.15, 0.2) is 0 Å². The van der Waals surface area contributed by atoms with Gasteiger partial charge in [0.25, 0.3) is 5.91 Å². The fraction of sp³-hybridized carbons (Fsp3) is 0.182. The van der Waals surface area contributed by atoms with Crippen molar-refractivity contribution >= 4 is 29.1 Å². The molecule has 1 aliphatic rings. The fourth-order valence-electron chi connectivity index (χ4n) is 3.27. The molecule has 158 valence electrons. The molecule has 0 bridgehead atoms. The summed E-state index contributed by atoms with van der Waals surface area (Å²) in [4.78, 5) is 24.5. The van der Waals surface area contributed by atoms with Crippen LogP contribution >= 0.6 is 0 Å². The number of hydrogen-bond donors (Lipinski definition) is 2. The maximum atomic E-state index is 13.2. The summed E-state index contributed by atoms with van der Waals surface area (Å²) in [5, 5.41) is 12.1. The van der Waals surface area contributed by atoms with Gasteiger partial charge in [-0.3, -0.25) is 19.9 Å². The zero-order chi connectivity index (χ0) is 22.0. The number of hydrazone groups is 1. The summed E-state index contributed by atoms with van der Waals surface area (Å²) in [5.74, 6) is -1.46. The highest BCUT2D eigenvalue weighted by atomic mass is 19.1. The lowest BCUT2D eigenvalue weighted by Crippen LogP contribution is -2.39. The minimum atomic E-state index is -0.853. The number of aryl methyl sites for hydroxylation is 1. The Morgan fingerprint density at radius 2 is 1.90 bits per heavy atom. The van der Waals surface area contributed by atoms with Gasteiger partial charge >= 0.3 is 0 Å². The van der Waals surface area contributed by atoms with E-state index in [1.165, 1.54) is 34.8 Å². The number of amides is 2. The van der Waals surface area contributed by atoms with Crippen molar-refractivity contribution in [2.45, 2.75) is 25.8 Å². The van der Waals surface area contributed by atoms with Crippen LogP contribution in [0.4, 0.5) is 16.0 Å². The molecule has 2 aromatic carbocycles. The molecular weight excluding hydrogens is 401 g/mol. The second-order valence-electron chi connectivity index (χ2n) is 7.07. The van der Waals surface area contributed by atoms with Crippen molar-refractivity contribution in [1.82, 2.24) is 5.16 Å². The number of aromatic nitrogens is 1. The Morgan fingerprint density at radius 3 is 2.55 bits per heavy atom. The number of halogens is 1. The lowest BCUT2D eigenvalue weighted by molar-refractivity contribution is -0.119. The van der Waals surface area contributed by atoms with Gasteiger partial charge in [0.2, 0.25) is 11.8 Å². The molecule has 0 saturated heterocycles. The number of nitrogens with one attached hydrogen (secondary N) is 1. The first-order valence-electron chi connectivity index (χ1n) is 9.73. The van der Waals surface area contributed by atoms with E-state index in [1.807, 2.05) is 24.3 Å². The van der Waals surface area contributed by atoms with Crippen molar-refractivity contribution in [1.29, 1.82) is 0 Å². The molecule has 3 N–H and O–H groups in total. The Balaban J connectivity index is 1.50. The number of carbonyl (C=O) groups is 2. The molecule has 1 unspecified atom stereocenters. The maximum Gasteiger partial charge on any atom is 0.274 e. The average molecular weight is 421 g/mol. The number of primary amides is 1. The third-order valence-corrected chi connectivity index (χ3v) is 5.00. The van der Waals surface area contributed by atoms with Crippen LogP contribution in [-0.4, -0.2) is 28.7 Å². The molecule has 0 saturated carbocycles. The zero-order valence-electron chi connectivity index (χ0n) is 16.7. The molecular formula is C22H20FN5O3. The number of benzene rings is 2. The van der Waals surface area contributed by atoms with E-state index in [9.17, 15) is 14.0 Å². The summed E-state index contributed by atoms with van der Waals surface area (Å²) in [6.07, 6.45) is 0.946. The van der Waals surface area contributed by atoms with Crippen molar-refractivity contribution in [3.63, 3.8) is 0 Å². The summed E-state index contributed by atoms with van der Waals surface area (Å²) in [6.45, 7) is 2.07. The highest BCUT2D eigenvalue weighted by molar-refractivity contribution is 6.44. The lowest BCUT2D eigenvalue weighted by Gasteiger charge is -2.20. The first-order chi connectivity index (χ1) is 14.9. The highest BCUT2D eigenvalue weighted by Crippen LogP contribution is 2.26. The molecule has 0 aliphatic carbocycles. The molecule has 31 heavy (non-hydrogen) atoms. The maximum absolute atomic E-state index is 13.2. The predicted molar refractivity (Wildman–Crippen MR) is 114 cm³/mol.